The van der Waals surface area contributed by atoms with Crippen LogP contribution in [0, 0.1) is 0 Å². The highest BCUT2D eigenvalue weighted by Crippen LogP contribution is 2.22. The maximum absolute atomic E-state index is 12.6. The minimum absolute atomic E-state index is 0.0554. The summed E-state index contributed by atoms with van der Waals surface area (Å²) in [7, 11) is 1.60. The van der Waals surface area contributed by atoms with Crippen molar-refractivity contribution in [1.29, 1.82) is 0 Å². The van der Waals surface area contributed by atoms with E-state index in [2.05, 4.69) is 5.32 Å². The van der Waals surface area contributed by atoms with Crippen molar-refractivity contribution in [3.8, 4) is 5.75 Å². The largest absolute Gasteiger partial charge is 0.497 e. The molecule has 3 aromatic rings. The number of methoxy groups -OCH3 is 1. The highest BCUT2D eigenvalue weighted by Gasteiger charge is 2.17. The molecule has 0 radical (unpaired) electrons. The molecule has 0 unspecified atom stereocenters. The van der Waals surface area contributed by atoms with E-state index in [-0.39, 0.29) is 11.7 Å². The summed E-state index contributed by atoms with van der Waals surface area (Å²) in [4.78, 5) is 25.2. The second-order valence-corrected chi connectivity index (χ2v) is 6.26. The van der Waals surface area contributed by atoms with Gasteiger partial charge in [0.25, 0.3) is 0 Å². The average molecular weight is 359 g/mol. The Morgan fingerprint density at radius 2 is 1.52 bits per heavy atom. The fraction of sp³-hybridized carbons (Fsp3) is 0.130. The molecule has 0 aliphatic heterocycles. The molecule has 4 nitrogen and oxygen atoms in total. The number of benzene rings is 3. The first kappa shape index (κ1) is 18.4. The molecule has 1 N–H and O–H groups in total. The second kappa shape index (κ2) is 8.32. The first-order valence-corrected chi connectivity index (χ1v) is 8.73. The monoisotopic (exact) mass is 359 g/mol. The Balaban J connectivity index is 1.75. The van der Waals surface area contributed by atoms with Crippen molar-refractivity contribution >= 4 is 17.4 Å². The predicted molar refractivity (Wildman–Crippen MR) is 106 cm³/mol. The standard InChI is InChI=1S/C23H21NO3/c1-16(23(26)24-20-11-13-21(27-2)14-12-20)18-9-6-10-19(15-18)22(25)17-7-4-3-5-8-17/h3-16H,1-2H3,(H,24,26)/t16-/m1/s1. The van der Waals surface area contributed by atoms with Crippen LogP contribution in [-0.4, -0.2) is 18.8 Å². The minimum atomic E-state index is -0.393. The zero-order valence-corrected chi connectivity index (χ0v) is 15.3. The Kier molecular flexibility index (Phi) is 5.67. The summed E-state index contributed by atoms with van der Waals surface area (Å²) in [5.41, 5.74) is 2.69. The van der Waals surface area contributed by atoms with Crippen molar-refractivity contribution in [2.45, 2.75) is 12.8 Å². The summed E-state index contributed by atoms with van der Waals surface area (Å²) in [6.45, 7) is 1.82. The third-order valence-electron chi connectivity index (χ3n) is 4.44. The van der Waals surface area contributed by atoms with Crippen molar-refractivity contribution in [3.05, 3.63) is 95.6 Å². The van der Waals surface area contributed by atoms with Gasteiger partial charge in [-0.1, -0.05) is 48.5 Å². The van der Waals surface area contributed by atoms with Gasteiger partial charge >= 0.3 is 0 Å². The molecule has 0 bridgehead atoms. The fourth-order valence-electron chi connectivity index (χ4n) is 2.78. The van der Waals surface area contributed by atoms with Crippen molar-refractivity contribution in [3.63, 3.8) is 0 Å². The highest BCUT2D eigenvalue weighted by molar-refractivity contribution is 6.09. The molecule has 0 spiro atoms. The fourth-order valence-corrected chi connectivity index (χ4v) is 2.78. The number of carbonyl (C=O) groups excluding carboxylic acids is 2. The van der Waals surface area contributed by atoms with Crippen molar-refractivity contribution in [2.75, 3.05) is 12.4 Å². The molecule has 0 aliphatic carbocycles. The molecule has 4 heteroatoms. The summed E-state index contributed by atoms with van der Waals surface area (Å²) in [6.07, 6.45) is 0. The van der Waals surface area contributed by atoms with Gasteiger partial charge < -0.3 is 10.1 Å². The van der Waals surface area contributed by atoms with Crippen molar-refractivity contribution in [1.82, 2.24) is 0 Å². The van der Waals surface area contributed by atoms with Gasteiger partial charge in [0.2, 0.25) is 5.91 Å². The van der Waals surface area contributed by atoms with Gasteiger partial charge in [0.15, 0.2) is 5.78 Å². The van der Waals surface area contributed by atoms with E-state index in [0.717, 1.165) is 11.3 Å². The van der Waals surface area contributed by atoms with E-state index in [1.165, 1.54) is 0 Å². The van der Waals surface area contributed by atoms with Crippen LogP contribution in [0.25, 0.3) is 0 Å². The number of rotatable bonds is 6. The Labute approximate surface area is 158 Å². The van der Waals surface area contributed by atoms with E-state index in [9.17, 15) is 9.59 Å². The van der Waals surface area contributed by atoms with E-state index in [1.54, 1.807) is 55.6 Å². The maximum Gasteiger partial charge on any atom is 0.231 e. The Hall–Kier alpha value is -3.40. The second-order valence-electron chi connectivity index (χ2n) is 6.26. The lowest BCUT2D eigenvalue weighted by Crippen LogP contribution is -2.19. The van der Waals surface area contributed by atoms with Crippen LogP contribution in [0.3, 0.4) is 0 Å². The first-order chi connectivity index (χ1) is 13.1. The van der Waals surface area contributed by atoms with E-state index < -0.39 is 5.92 Å². The van der Waals surface area contributed by atoms with Crippen molar-refractivity contribution < 1.29 is 14.3 Å². The van der Waals surface area contributed by atoms with Crippen LogP contribution in [0.1, 0.15) is 34.3 Å². The van der Waals surface area contributed by atoms with E-state index in [4.69, 9.17) is 4.74 Å². The van der Waals surface area contributed by atoms with Crippen LogP contribution < -0.4 is 10.1 Å². The molecule has 1 amide bonds. The van der Waals surface area contributed by atoms with E-state index in [0.29, 0.717) is 16.8 Å². The molecule has 0 saturated heterocycles. The lowest BCUT2D eigenvalue weighted by Gasteiger charge is -2.14. The number of carbonyl (C=O) groups is 2. The molecular weight excluding hydrogens is 338 g/mol. The zero-order valence-electron chi connectivity index (χ0n) is 15.3. The molecule has 3 rings (SSSR count). The molecule has 1 atom stereocenters. The van der Waals surface area contributed by atoms with Crippen LogP contribution in [0.2, 0.25) is 0 Å². The van der Waals surface area contributed by atoms with Gasteiger partial charge in [0.1, 0.15) is 5.75 Å². The number of anilines is 1. The number of nitrogens with one attached hydrogen (secondary N) is 1. The lowest BCUT2D eigenvalue weighted by molar-refractivity contribution is -0.117. The Bertz CT molecular complexity index is 933. The third kappa shape index (κ3) is 4.42. The van der Waals surface area contributed by atoms with Gasteiger partial charge in [0, 0.05) is 16.8 Å². The molecule has 3 aromatic carbocycles. The van der Waals surface area contributed by atoms with Gasteiger partial charge in [-0.2, -0.15) is 0 Å². The normalized spacial score (nSPS) is 11.5. The smallest absolute Gasteiger partial charge is 0.231 e. The third-order valence-corrected chi connectivity index (χ3v) is 4.44. The summed E-state index contributed by atoms with van der Waals surface area (Å²) in [5.74, 6) is 0.147. The van der Waals surface area contributed by atoms with Crippen LogP contribution in [0.4, 0.5) is 5.69 Å². The number of amides is 1. The molecule has 136 valence electrons. The Morgan fingerprint density at radius 3 is 2.19 bits per heavy atom. The number of hydrogen-bond donors (Lipinski definition) is 1. The van der Waals surface area contributed by atoms with E-state index in [1.807, 2.05) is 37.3 Å². The number of ether oxygens (including phenoxy) is 1. The van der Waals surface area contributed by atoms with Crippen LogP contribution in [0.5, 0.6) is 5.75 Å². The van der Waals surface area contributed by atoms with Crippen LogP contribution in [-0.2, 0) is 4.79 Å². The quantitative estimate of drug-likeness (QED) is 0.651. The molecule has 0 aromatic heterocycles. The molecule has 0 fully saturated rings. The SMILES string of the molecule is COc1ccc(NC(=O)[C@H](C)c2cccc(C(=O)c3ccccc3)c2)cc1. The van der Waals surface area contributed by atoms with Crippen LogP contribution >= 0.6 is 0 Å². The molecular formula is C23H21NO3. The topological polar surface area (TPSA) is 55.4 Å². The average Bonchev–Trinajstić information content (AvgIpc) is 2.74. The first-order valence-electron chi connectivity index (χ1n) is 8.73. The maximum atomic E-state index is 12.6. The summed E-state index contributed by atoms with van der Waals surface area (Å²) in [6, 6.07) is 23.5. The Morgan fingerprint density at radius 1 is 0.852 bits per heavy atom. The lowest BCUT2D eigenvalue weighted by atomic mass is 9.95. The zero-order chi connectivity index (χ0) is 19.2. The molecule has 0 aliphatic rings. The minimum Gasteiger partial charge on any atom is -0.497 e. The number of hydrogen-bond acceptors (Lipinski definition) is 3. The highest BCUT2D eigenvalue weighted by atomic mass is 16.5. The van der Waals surface area contributed by atoms with Gasteiger partial charge in [0.05, 0.1) is 13.0 Å². The summed E-state index contributed by atoms with van der Waals surface area (Å²) in [5, 5.41) is 2.89. The van der Waals surface area contributed by atoms with Gasteiger partial charge in [-0.25, -0.2) is 0 Å². The summed E-state index contributed by atoms with van der Waals surface area (Å²) < 4.78 is 5.12. The predicted octanol–water partition coefficient (Wildman–Crippen LogP) is 4.67. The summed E-state index contributed by atoms with van der Waals surface area (Å²) >= 11 is 0. The molecule has 0 heterocycles. The number of ketones is 1. The van der Waals surface area contributed by atoms with Gasteiger partial charge in [-0.15, -0.1) is 0 Å². The molecule has 0 saturated carbocycles. The van der Waals surface area contributed by atoms with Gasteiger partial charge in [-0.05, 0) is 42.8 Å². The van der Waals surface area contributed by atoms with E-state index >= 15 is 0 Å². The van der Waals surface area contributed by atoms with Crippen molar-refractivity contribution in [2.24, 2.45) is 0 Å². The molecule has 27 heavy (non-hydrogen) atoms. The van der Waals surface area contributed by atoms with Crippen LogP contribution in [0.15, 0.2) is 78.9 Å². The van der Waals surface area contributed by atoms with Gasteiger partial charge in [-0.3, -0.25) is 9.59 Å².